The summed E-state index contributed by atoms with van der Waals surface area (Å²) < 4.78 is 27.1. The van der Waals surface area contributed by atoms with E-state index in [2.05, 4.69) is 4.98 Å². The fourth-order valence-corrected chi connectivity index (χ4v) is 2.97. The van der Waals surface area contributed by atoms with E-state index in [1.54, 1.807) is 25.3 Å². The van der Waals surface area contributed by atoms with Crippen molar-refractivity contribution in [1.29, 1.82) is 0 Å². The van der Waals surface area contributed by atoms with Gasteiger partial charge in [-0.1, -0.05) is 23.7 Å². The average molecular weight is 383 g/mol. The van der Waals surface area contributed by atoms with Crippen LogP contribution < -0.4 is 9.47 Å². The Balaban J connectivity index is 1.59. The summed E-state index contributed by atoms with van der Waals surface area (Å²) in [6, 6.07) is 15.9. The number of halogens is 2. The van der Waals surface area contributed by atoms with Crippen molar-refractivity contribution in [3.05, 3.63) is 83.4 Å². The summed E-state index contributed by atoms with van der Waals surface area (Å²) in [5, 5.41) is 0.352. The molecule has 0 aliphatic heterocycles. The minimum Gasteiger partial charge on any atom is -0.493 e. The van der Waals surface area contributed by atoms with Crippen LogP contribution in [0.15, 0.2) is 67.0 Å². The van der Waals surface area contributed by atoms with Crippen molar-refractivity contribution >= 4 is 17.2 Å². The van der Waals surface area contributed by atoms with Crippen molar-refractivity contribution in [2.24, 2.45) is 0 Å². The number of nitrogens with zero attached hydrogens (tertiary/aromatic N) is 2. The van der Waals surface area contributed by atoms with Gasteiger partial charge in [-0.25, -0.2) is 9.37 Å². The topological polar surface area (TPSA) is 35.8 Å². The molecule has 0 saturated heterocycles. The van der Waals surface area contributed by atoms with Gasteiger partial charge in [0.15, 0.2) is 11.5 Å². The summed E-state index contributed by atoms with van der Waals surface area (Å²) in [5.74, 6) is 0.682. The molecule has 27 heavy (non-hydrogen) atoms. The van der Waals surface area contributed by atoms with Gasteiger partial charge in [0.25, 0.3) is 0 Å². The van der Waals surface area contributed by atoms with Crippen LogP contribution in [0.5, 0.6) is 11.5 Å². The van der Waals surface area contributed by atoms with Crippen LogP contribution in [0.2, 0.25) is 5.02 Å². The number of aromatic nitrogens is 2. The van der Waals surface area contributed by atoms with Gasteiger partial charge in [-0.2, -0.15) is 0 Å². The number of ether oxygens (including phenoxy) is 2. The number of hydrogen-bond acceptors (Lipinski definition) is 3. The maximum absolute atomic E-state index is 13.9. The normalized spacial score (nSPS) is 10.9. The molecule has 0 saturated carbocycles. The minimum absolute atomic E-state index is 0.0765. The highest BCUT2D eigenvalue weighted by Gasteiger charge is 2.11. The Labute approximate surface area is 160 Å². The number of pyridine rings is 1. The number of rotatable bonds is 5. The van der Waals surface area contributed by atoms with E-state index in [1.165, 1.54) is 6.07 Å². The quantitative estimate of drug-likeness (QED) is 0.464. The summed E-state index contributed by atoms with van der Waals surface area (Å²) in [6.07, 6.45) is 3.90. The van der Waals surface area contributed by atoms with Crippen molar-refractivity contribution in [2.45, 2.75) is 6.61 Å². The molecule has 136 valence electrons. The van der Waals surface area contributed by atoms with Gasteiger partial charge in [-0.15, -0.1) is 0 Å². The Hall–Kier alpha value is -3.05. The Kier molecular flexibility index (Phi) is 4.69. The molecule has 6 heteroatoms. The summed E-state index contributed by atoms with van der Waals surface area (Å²) in [6.45, 7) is 0.0765. The van der Waals surface area contributed by atoms with Gasteiger partial charge in [0.05, 0.1) is 12.8 Å². The van der Waals surface area contributed by atoms with Crippen LogP contribution in [0.25, 0.3) is 16.9 Å². The third kappa shape index (κ3) is 3.59. The van der Waals surface area contributed by atoms with Crippen molar-refractivity contribution in [1.82, 2.24) is 9.38 Å². The van der Waals surface area contributed by atoms with Gasteiger partial charge < -0.3 is 13.9 Å². The molecule has 0 spiro atoms. The number of methoxy groups -OCH3 is 1. The smallest absolute Gasteiger partial charge is 0.161 e. The van der Waals surface area contributed by atoms with Crippen LogP contribution in [0, 0.1) is 5.82 Å². The van der Waals surface area contributed by atoms with E-state index in [-0.39, 0.29) is 6.61 Å². The van der Waals surface area contributed by atoms with Crippen molar-refractivity contribution in [3.63, 3.8) is 0 Å². The Bertz CT molecular complexity index is 1080. The van der Waals surface area contributed by atoms with Crippen LogP contribution in [0.3, 0.4) is 0 Å². The first-order valence-electron chi connectivity index (χ1n) is 8.33. The maximum atomic E-state index is 13.9. The summed E-state index contributed by atoms with van der Waals surface area (Å²) in [5.41, 5.74) is 3.02. The molecule has 2 heterocycles. The molecule has 4 rings (SSSR count). The summed E-state index contributed by atoms with van der Waals surface area (Å²) >= 11 is 5.78. The molecule has 0 radical (unpaired) electrons. The number of imidazole rings is 1. The third-order valence-corrected chi connectivity index (χ3v) is 4.46. The summed E-state index contributed by atoms with van der Waals surface area (Å²) in [4.78, 5) is 4.61. The van der Waals surface area contributed by atoms with E-state index >= 15 is 0 Å². The molecule has 2 aromatic carbocycles. The van der Waals surface area contributed by atoms with Gasteiger partial charge in [-0.05, 0) is 42.5 Å². The van der Waals surface area contributed by atoms with Gasteiger partial charge in [0.1, 0.15) is 18.1 Å². The predicted molar refractivity (Wildman–Crippen MR) is 103 cm³/mol. The van der Waals surface area contributed by atoms with Crippen LogP contribution in [-0.2, 0) is 6.61 Å². The van der Waals surface area contributed by atoms with E-state index in [1.807, 2.05) is 47.1 Å². The van der Waals surface area contributed by atoms with Crippen LogP contribution in [0.1, 0.15) is 5.56 Å². The van der Waals surface area contributed by atoms with Gasteiger partial charge in [-0.3, -0.25) is 0 Å². The molecule has 0 aliphatic carbocycles. The lowest BCUT2D eigenvalue weighted by Gasteiger charge is -2.12. The van der Waals surface area contributed by atoms with E-state index < -0.39 is 5.82 Å². The Morgan fingerprint density at radius 2 is 1.96 bits per heavy atom. The fourth-order valence-electron chi connectivity index (χ4n) is 2.81. The third-order valence-electron chi connectivity index (χ3n) is 4.22. The molecule has 0 N–H and O–H groups in total. The molecule has 0 unspecified atom stereocenters. The largest absolute Gasteiger partial charge is 0.493 e. The fraction of sp³-hybridized carbons (Fsp3) is 0.0952. The number of hydrogen-bond donors (Lipinski definition) is 0. The molecule has 2 aromatic heterocycles. The highest BCUT2D eigenvalue weighted by molar-refractivity contribution is 6.30. The van der Waals surface area contributed by atoms with Gasteiger partial charge in [0.2, 0.25) is 0 Å². The van der Waals surface area contributed by atoms with Gasteiger partial charge in [0, 0.05) is 28.5 Å². The standard InChI is InChI=1S/C21H16ClFN2O2/c1-26-20-10-14(18-12-25-9-3-2-4-21(25)24-18)6-8-19(20)27-13-15-5-7-16(22)11-17(15)23/h2-12H,13H2,1H3. The molecule has 0 atom stereocenters. The lowest BCUT2D eigenvalue weighted by molar-refractivity contribution is 0.280. The molecular weight excluding hydrogens is 367 g/mol. The SMILES string of the molecule is COc1cc(-c2cn3ccccc3n2)ccc1OCc1ccc(Cl)cc1F. The molecule has 0 bridgehead atoms. The Morgan fingerprint density at radius 1 is 1.07 bits per heavy atom. The molecule has 4 aromatic rings. The Morgan fingerprint density at radius 3 is 2.74 bits per heavy atom. The van der Waals surface area contributed by atoms with E-state index in [0.29, 0.717) is 22.1 Å². The molecule has 0 aliphatic rings. The molecule has 0 fully saturated rings. The molecule has 0 amide bonds. The zero-order chi connectivity index (χ0) is 18.8. The highest BCUT2D eigenvalue weighted by atomic mass is 35.5. The first kappa shape index (κ1) is 17.4. The zero-order valence-corrected chi connectivity index (χ0v) is 15.3. The van der Waals surface area contributed by atoms with Crippen LogP contribution in [-0.4, -0.2) is 16.5 Å². The van der Waals surface area contributed by atoms with Crippen LogP contribution in [0.4, 0.5) is 4.39 Å². The average Bonchev–Trinajstić information content (AvgIpc) is 3.11. The molecular formula is C21H16ClFN2O2. The second-order valence-electron chi connectivity index (χ2n) is 5.98. The highest BCUT2D eigenvalue weighted by Crippen LogP contribution is 2.33. The van der Waals surface area contributed by atoms with E-state index in [0.717, 1.165) is 16.9 Å². The van der Waals surface area contributed by atoms with Crippen molar-refractivity contribution in [2.75, 3.05) is 7.11 Å². The van der Waals surface area contributed by atoms with E-state index in [9.17, 15) is 4.39 Å². The maximum Gasteiger partial charge on any atom is 0.161 e. The van der Waals surface area contributed by atoms with Gasteiger partial charge >= 0.3 is 0 Å². The van der Waals surface area contributed by atoms with Crippen LogP contribution >= 0.6 is 11.6 Å². The molecule has 4 nitrogen and oxygen atoms in total. The van der Waals surface area contributed by atoms with Crippen molar-refractivity contribution in [3.8, 4) is 22.8 Å². The lowest BCUT2D eigenvalue weighted by Crippen LogP contribution is -2.00. The monoisotopic (exact) mass is 382 g/mol. The minimum atomic E-state index is -0.400. The van der Waals surface area contributed by atoms with E-state index in [4.69, 9.17) is 21.1 Å². The first-order valence-corrected chi connectivity index (χ1v) is 8.71. The summed E-state index contributed by atoms with van der Waals surface area (Å²) in [7, 11) is 1.57. The second-order valence-corrected chi connectivity index (χ2v) is 6.42. The lowest BCUT2D eigenvalue weighted by atomic mass is 10.1. The zero-order valence-electron chi connectivity index (χ0n) is 14.5. The predicted octanol–water partition coefficient (Wildman–Crippen LogP) is 5.38. The first-order chi connectivity index (χ1) is 13.1. The second kappa shape index (κ2) is 7.29. The number of fused-ring (bicyclic) bond motifs is 1. The number of benzene rings is 2. The van der Waals surface area contributed by atoms with Crippen molar-refractivity contribution < 1.29 is 13.9 Å².